The Hall–Kier alpha value is -4.78. The van der Waals surface area contributed by atoms with E-state index in [1.165, 1.54) is 27.2 Å². The summed E-state index contributed by atoms with van der Waals surface area (Å²) >= 11 is 0. The second-order valence-corrected chi connectivity index (χ2v) is 23.7. The van der Waals surface area contributed by atoms with Crippen molar-refractivity contribution in [3.05, 3.63) is 99.1 Å². The number of likely N-dealkylation sites (tertiary alicyclic amines) is 2. The van der Waals surface area contributed by atoms with Crippen molar-refractivity contribution in [2.45, 2.75) is 124 Å². The van der Waals surface area contributed by atoms with Gasteiger partial charge in [-0.05, 0) is 89.5 Å². The van der Waals surface area contributed by atoms with Gasteiger partial charge in [0.05, 0.1) is 24.0 Å². The van der Waals surface area contributed by atoms with Gasteiger partial charge in [-0.1, -0.05) is 39.8 Å². The fourth-order valence-electron chi connectivity index (χ4n) is 13.3. The normalized spacial score (nSPS) is 36.1. The van der Waals surface area contributed by atoms with Gasteiger partial charge in [-0.25, -0.2) is 0 Å². The summed E-state index contributed by atoms with van der Waals surface area (Å²) in [5.41, 5.74) is 7.68. The van der Waals surface area contributed by atoms with Crippen LogP contribution in [0, 0.1) is 5.92 Å². The third kappa shape index (κ3) is 8.04. The monoisotopic (exact) mass is 1090 g/mol. The van der Waals surface area contributed by atoms with E-state index in [9.17, 15) is 40.2 Å². The molecule has 6 heterocycles. The summed E-state index contributed by atoms with van der Waals surface area (Å²) in [5, 5.41) is 71.5. The molecule has 76 heavy (non-hydrogen) atoms. The molecule has 2 amide bonds. The summed E-state index contributed by atoms with van der Waals surface area (Å²) in [6, 6.07) is 8.33. The number of carbonyl (C=O) groups is 2. The third-order valence-corrected chi connectivity index (χ3v) is 19.4. The Morgan fingerprint density at radius 1 is 0.711 bits per heavy atom. The number of rotatable bonds is 17. The second kappa shape index (κ2) is 20.1. The molecule has 4 aliphatic carbocycles. The first kappa shape index (κ1) is 51.9. The molecule has 4 saturated heterocycles. The fraction of sp³-hybridized carbons (Fsp3) is 0.574. The zero-order valence-electron chi connectivity index (χ0n) is 42.5. The molecule has 10 aliphatic rings. The lowest BCUT2D eigenvalue weighted by Gasteiger charge is -2.54. The first-order chi connectivity index (χ1) is 36.7. The molecule has 8 N–H and O–H groups in total. The number of allylic oxidation sites excluding steroid dienone is 4. The van der Waals surface area contributed by atoms with Crippen LogP contribution in [0.2, 0.25) is 0 Å². The van der Waals surface area contributed by atoms with Gasteiger partial charge in [0.1, 0.15) is 36.6 Å². The predicted molar refractivity (Wildman–Crippen MR) is 274 cm³/mol. The first-order valence-electron chi connectivity index (χ1n) is 26.2. The lowest BCUT2D eigenvalue weighted by molar-refractivity contribution is -0.280. The van der Waals surface area contributed by atoms with E-state index in [1.54, 1.807) is 12.2 Å². The largest absolute Gasteiger partial charge is 0.490 e. The van der Waals surface area contributed by atoms with Crippen molar-refractivity contribution in [2.75, 3.05) is 65.0 Å². The molecule has 20 nitrogen and oxygen atoms in total. The maximum Gasteiger partial charge on any atom is 0.252 e. The molecule has 0 radical (unpaired) electrons. The number of benzene rings is 2. The molecular weight excluding hydrogens is 1020 g/mol. The number of hydrogen-bond acceptors (Lipinski definition) is 20. The van der Waals surface area contributed by atoms with Gasteiger partial charge in [0.25, 0.3) is 11.8 Å². The smallest absolute Gasteiger partial charge is 0.252 e. The van der Waals surface area contributed by atoms with E-state index >= 15 is 0 Å². The highest BCUT2D eigenvalue weighted by molar-refractivity contribution is 8.76. The van der Waals surface area contributed by atoms with E-state index in [1.807, 2.05) is 26.0 Å². The minimum absolute atomic E-state index is 0.0776. The topological polar surface area (TPSA) is 260 Å². The molecule has 1 unspecified atom stereocenters. The van der Waals surface area contributed by atoms with Crippen LogP contribution in [0.4, 0.5) is 0 Å². The van der Waals surface area contributed by atoms with Crippen LogP contribution in [-0.4, -0.2) is 191 Å². The molecule has 22 heteroatoms. The molecule has 15 atom stereocenters. The van der Waals surface area contributed by atoms with Gasteiger partial charge < -0.3 is 84.1 Å². The van der Waals surface area contributed by atoms with E-state index in [4.69, 9.17) is 37.9 Å². The standard InChI is InChI=1S/C54H64N4O16S2/c1-5-67-31-11-7-25-23-29-27-9-13-33(47-53(27,15-19-57(29)3)35(25)43(31)71-47)69-51-41(63)37(59)39(61)45(73-51)49(65)55-17-21-75-76-22-18-56-50(66)46-40(62)38(60)42(64)52(74-46)70-34-14-10-28-30-24-26-8-12-32(68-6-2)44-36(26)54(28,48(34)72-44)16-20-58(30)4/h7-9,11-14,27,29-30,37-42,45-46,51-52,59-64H,5-6,15-24H2,1-4H3,(H,55,65)(H,56,66)/t27?,29-,30-,37+,38+,39+,40+,41-,42-,45+,46+,51-,52-,53+,54+/m1/s1. The Morgan fingerprint density at radius 2 is 1.28 bits per heavy atom. The predicted octanol–water partition coefficient (Wildman–Crippen LogP) is 0.932. The van der Waals surface area contributed by atoms with Gasteiger partial charge >= 0.3 is 0 Å². The number of aliphatic hydroxyl groups is 6. The maximum absolute atomic E-state index is 13.5. The number of nitrogens with zero attached hydrogens (tertiary/aromatic N) is 2. The Bertz CT molecular complexity index is 2860. The summed E-state index contributed by atoms with van der Waals surface area (Å²) in [7, 11) is 7.01. The van der Waals surface area contributed by atoms with Crippen LogP contribution >= 0.6 is 21.6 Å². The third-order valence-electron chi connectivity index (χ3n) is 17.0. The zero-order chi connectivity index (χ0) is 52.9. The van der Waals surface area contributed by atoms with Crippen molar-refractivity contribution in [3.8, 4) is 23.0 Å². The second-order valence-electron chi connectivity index (χ2n) is 21.0. The Labute approximate surface area is 447 Å². The zero-order valence-corrected chi connectivity index (χ0v) is 44.1. The fourth-order valence-corrected chi connectivity index (χ4v) is 15.1. The van der Waals surface area contributed by atoms with Crippen molar-refractivity contribution in [3.63, 3.8) is 0 Å². The van der Waals surface area contributed by atoms with Crippen LogP contribution < -0.4 is 29.6 Å². The average molecular weight is 1090 g/mol. The van der Waals surface area contributed by atoms with Crippen molar-refractivity contribution < 1.29 is 78.1 Å². The Morgan fingerprint density at radius 3 is 1.89 bits per heavy atom. The van der Waals surface area contributed by atoms with E-state index in [-0.39, 0.29) is 36.9 Å². The molecule has 6 aliphatic heterocycles. The minimum Gasteiger partial charge on any atom is -0.490 e. The summed E-state index contributed by atoms with van der Waals surface area (Å²) in [5.74, 6) is 3.52. The Kier molecular flexibility index (Phi) is 13.8. The van der Waals surface area contributed by atoms with Gasteiger partial charge in [0.2, 0.25) is 12.6 Å². The number of likely N-dealkylation sites (N-methyl/N-ethyl adjacent to an activating group) is 2. The van der Waals surface area contributed by atoms with E-state index < -0.39 is 84.1 Å². The number of amides is 2. The maximum atomic E-state index is 13.5. The summed E-state index contributed by atoms with van der Waals surface area (Å²) in [4.78, 5) is 31.6. The van der Waals surface area contributed by atoms with E-state index in [0.29, 0.717) is 71.4 Å². The molecule has 2 aromatic carbocycles. The molecule has 4 fully saturated rings. The molecule has 2 aromatic rings. The van der Waals surface area contributed by atoms with E-state index in [0.717, 1.165) is 54.6 Å². The van der Waals surface area contributed by atoms with Crippen molar-refractivity contribution in [2.24, 2.45) is 5.92 Å². The number of carbonyl (C=O) groups excluding carboxylic acids is 2. The minimum atomic E-state index is -1.78. The number of ether oxygens (including phenoxy) is 8. The van der Waals surface area contributed by atoms with Crippen LogP contribution in [0.1, 0.15) is 48.9 Å². The number of piperidine rings is 2. The van der Waals surface area contributed by atoms with Crippen LogP contribution in [0.3, 0.4) is 0 Å². The molecule has 408 valence electrons. The molecule has 4 bridgehead atoms. The van der Waals surface area contributed by atoms with Crippen molar-refractivity contribution >= 4 is 33.4 Å². The van der Waals surface area contributed by atoms with Crippen LogP contribution in [0.25, 0.3) is 0 Å². The highest BCUT2D eigenvalue weighted by atomic mass is 33.1. The van der Waals surface area contributed by atoms with Crippen molar-refractivity contribution in [1.82, 2.24) is 20.4 Å². The summed E-state index contributed by atoms with van der Waals surface area (Å²) < 4.78 is 49.9. The first-order valence-corrected chi connectivity index (χ1v) is 28.7. The lowest BCUT2D eigenvalue weighted by atomic mass is 9.55. The number of nitrogens with one attached hydrogen (secondary N) is 2. The van der Waals surface area contributed by atoms with Gasteiger partial charge in [-0.15, -0.1) is 5.73 Å². The molecular formula is C54H64N4O16S2. The summed E-state index contributed by atoms with van der Waals surface area (Å²) in [6.45, 7) is 6.58. The van der Waals surface area contributed by atoms with E-state index in [2.05, 4.69) is 58.5 Å². The van der Waals surface area contributed by atoms with Gasteiger partial charge in [-0.3, -0.25) is 14.5 Å². The SMILES string of the molecule is CCOc1ccc2c3c1OC1=C(O[C@@H]4O[C@H](C(=O)NCCSSCCNC(=O)[C@H]5O[C@@H](OC6=C7Oc8c(OCC)ccc9c8[C@@]78CCN(C)[C@H](C9)C8C=C6)[C@H](O)[C@@H](O)[C@@H]5O)[C@@H](O)[C@H](O)[C@H]4O)C=C=C4[C@@H](C2)N(C)CC[C@@]413. The molecule has 12 rings (SSSR count). The quantitative estimate of drug-likeness (QED) is 0.0623. The molecule has 2 spiro atoms. The Balaban J connectivity index is 0.634. The highest BCUT2D eigenvalue weighted by Crippen LogP contribution is 2.65. The van der Waals surface area contributed by atoms with Gasteiger partial charge in [-0.2, -0.15) is 0 Å². The van der Waals surface area contributed by atoms with Crippen LogP contribution in [0.15, 0.2) is 76.8 Å². The molecule has 0 aromatic heterocycles. The average Bonchev–Trinajstić information content (AvgIpc) is 4.08. The number of aliphatic hydroxyl groups excluding tert-OH is 6. The van der Waals surface area contributed by atoms with Crippen LogP contribution in [-0.2, 0) is 52.2 Å². The van der Waals surface area contributed by atoms with Crippen molar-refractivity contribution in [1.29, 1.82) is 0 Å². The highest BCUT2D eigenvalue weighted by Gasteiger charge is 2.64. The lowest BCUT2D eigenvalue weighted by Crippen LogP contribution is -2.62. The van der Waals surface area contributed by atoms with Gasteiger partial charge in [0, 0.05) is 71.9 Å². The van der Waals surface area contributed by atoms with Crippen LogP contribution in [0.5, 0.6) is 23.0 Å². The number of hydrogen-bond donors (Lipinski definition) is 8. The summed E-state index contributed by atoms with van der Waals surface area (Å²) in [6.07, 6.45) is -8.16. The molecule has 0 saturated carbocycles. The van der Waals surface area contributed by atoms with Gasteiger partial charge in [0.15, 0.2) is 58.2 Å².